The fraction of sp³-hybridized carbons (Fsp3) is 1.00. The fourth-order valence-corrected chi connectivity index (χ4v) is 2.01. The molecular weight excluding hydrogens is 156 g/mol. The minimum Gasteiger partial charge on any atom is -0.330 e. The summed E-state index contributed by atoms with van der Waals surface area (Å²) in [5.41, 5.74) is 7.32. The molecule has 56 valence electrons. The number of hydrogen-bond donors (Lipinski definition) is 3. The molecule has 0 aromatic heterocycles. The SMILES string of the molecule is NCCSSCCNO. The third kappa shape index (κ3) is 8.58. The Labute approximate surface area is 63.1 Å². The van der Waals surface area contributed by atoms with E-state index in [1.807, 2.05) is 0 Å². The molecule has 0 rings (SSSR count). The van der Waals surface area contributed by atoms with Gasteiger partial charge in [-0.1, -0.05) is 21.6 Å². The summed E-state index contributed by atoms with van der Waals surface area (Å²) < 4.78 is 0. The van der Waals surface area contributed by atoms with E-state index in [2.05, 4.69) is 5.48 Å². The second-order valence-corrected chi connectivity index (χ2v) is 4.04. The maximum absolute atomic E-state index is 8.13. The Morgan fingerprint density at radius 1 is 1.33 bits per heavy atom. The smallest absolute Gasteiger partial charge is 0.0306 e. The molecule has 9 heavy (non-hydrogen) atoms. The molecule has 3 nitrogen and oxygen atoms in total. The average Bonchev–Trinajstić information content (AvgIpc) is 1.89. The first-order valence-electron chi connectivity index (χ1n) is 2.73. The van der Waals surface area contributed by atoms with Crippen molar-refractivity contribution in [2.24, 2.45) is 5.73 Å². The first kappa shape index (κ1) is 9.58. The van der Waals surface area contributed by atoms with Gasteiger partial charge in [0, 0.05) is 24.6 Å². The highest BCUT2D eigenvalue weighted by atomic mass is 33.1. The summed E-state index contributed by atoms with van der Waals surface area (Å²) in [5, 5.41) is 8.13. The van der Waals surface area contributed by atoms with E-state index in [0.717, 1.165) is 18.1 Å². The summed E-state index contributed by atoms with van der Waals surface area (Å²) in [7, 11) is 3.45. The number of hydrogen-bond acceptors (Lipinski definition) is 5. The second kappa shape index (κ2) is 8.58. The van der Waals surface area contributed by atoms with Crippen molar-refractivity contribution >= 4 is 21.6 Å². The Morgan fingerprint density at radius 2 is 2.00 bits per heavy atom. The Hall–Kier alpha value is 0.580. The van der Waals surface area contributed by atoms with Gasteiger partial charge >= 0.3 is 0 Å². The van der Waals surface area contributed by atoms with Gasteiger partial charge in [-0.05, 0) is 0 Å². The first-order chi connectivity index (χ1) is 4.41. The van der Waals surface area contributed by atoms with Crippen LogP contribution < -0.4 is 11.2 Å². The maximum atomic E-state index is 8.13. The van der Waals surface area contributed by atoms with Crippen LogP contribution >= 0.6 is 21.6 Å². The molecule has 0 saturated carbocycles. The van der Waals surface area contributed by atoms with Gasteiger partial charge in [-0.3, -0.25) is 0 Å². The van der Waals surface area contributed by atoms with E-state index in [-0.39, 0.29) is 0 Å². The third-order valence-electron chi connectivity index (χ3n) is 0.582. The number of rotatable bonds is 6. The van der Waals surface area contributed by atoms with E-state index in [1.54, 1.807) is 21.6 Å². The van der Waals surface area contributed by atoms with Crippen LogP contribution in [0, 0.1) is 0 Å². The van der Waals surface area contributed by atoms with Crippen molar-refractivity contribution in [1.82, 2.24) is 5.48 Å². The molecule has 0 heterocycles. The first-order valence-corrected chi connectivity index (χ1v) is 5.22. The molecule has 5 heteroatoms. The number of nitrogens with one attached hydrogen (secondary N) is 1. The van der Waals surface area contributed by atoms with Gasteiger partial charge in [0.25, 0.3) is 0 Å². The predicted octanol–water partition coefficient (Wildman–Crippen LogP) is 0.305. The van der Waals surface area contributed by atoms with Crippen LogP contribution in [0.1, 0.15) is 0 Å². The van der Waals surface area contributed by atoms with E-state index >= 15 is 0 Å². The molecule has 0 unspecified atom stereocenters. The molecule has 0 aliphatic carbocycles. The fourth-order valence-electron chi connectivity index (χ4n) is 0.253. The van der Waals surface area contributed by atoms with Gasteiger partial charge in [0.05, 0.1) is 0 Å². The van der Waals surface area contributed by atoms with Gasteiger partial charge in [0.1, 0.15) is 0 Å². The van der Waals surface area contributed by atoms with Crippen molar-refractivity contribution in [3.05, 3.63) is 0 Å². The topological polar surface area (TPSA) is 58.3 Å². The average molecular weight is 168 g/mol. The minimum atomic E-state index is 0.641. The summed E-state index contributed by atoms with van der Waals surface area (Å²) >= 11 is 0. The molecule has 0 amide bonds. The molecular formula is C4H12N2OS2. The summed E-state index contributed by atoms with van der Waals surface area (Å²) in [6.45, 7) is 1.37. The Bertz CT molecular complexity index is 49.8. The van der Waals surface area contributed by atoms with Crippen molar-refractivity contribution in [2.75, 3.05) is 24.6 Å². The minimum absolute atomic E-state index is 0.641. The van der Waals surface area contributed by atoms with Crippen LogP contribution in [0.4, 0.5) is 0 Å². The van der Waals surface area contributed by atoms with E-state index in [0.29, 0.717) is 6.54 Å². The summed E-state index contributed by atoms with van der Waals surface area (Å²) in [6.07, 6.45) is 0. The van der Waals surface area contributed by atoms with Crippen molar-refractivity contribution in [3.8, 4) is 0 Å². The van der Waals surface area contributed by atoms with Crippen LogP contribution in [-0.2, 0) is 0 Å². The zero-order chi connectivity index (χ0) is 6.95. The van der Waals surface area contributed by atoms with E-state index < -0.39 is 0 Å². The highest BCUT2D eigenvalue weighted by Gasteiger charge is 1.86. The lowest BCUT2D eigenvalue weighted by Gasteiger charge is -1.96. The Balaban J connectivity index is 2.60. The van der Waals surface area contributed by atoms with Crippen molar-refractivity contribution < 1.29 is 5.21 Å². The molecule has 0 aromatic rings. The Morgan fingerprint density at radius 3 is 2.56 bits per heavy atom. The lowest BCUT2D eigenvalue weighted by molar-refractivity contribution is 0.174. The van der Waals surface area contributed by atoms with E-state index in [1.165, 1.54) is 0 Å². The summed E-state index contributed by atoms with van der Waals surface area (Å²) in [6, 6.07) is 0. The monoisotopic (exact) mass is 168 g/mol. The van der Waals surface area contributed by atoms with Crippen LogP contribution in [-0.4, -0.2) is 29.8 Å². The van der Waals surface area contributed by atoms with Crippen LogP contribution in [0.25, 0.3) is 0 Å². The zero-order valence-electron chi connectivity index (χ0n) is 5.17. The van der Waals surface area contributed by atoms with Gasteiger partial charge in [-0.25, -0.2) is 5.48 Å². The lowest BCUT2D eigenvalue weighted by atomic mass is 10.8. The molecule has 4 N–H and O–H groups in total. The van der Waals surface area contributed by atoms with Gasteiger partial charge in [0.15, 0.2) is 0 Å². The molecule has 0 fully saturated rings. The quantitative estimate of drug-likeness (QED) is 0.303. The second-order valence-electron chi connectivity index (χ2n) is 1.34. The largest absolute Gasteiger partial charge is 0.330 e. The molecule has 0 atom stereocenters. The maximum Gasteiger partial charge on any atom is 0.0306 e. The highest BCUT2D eigenvalue weighted by Crippen LogP contribution is 2.18. The summed E-state index contributed by atoms with van der Waals surface area (Å²) in [4.78, 5) is 0. The lowest BCUT2D eigenvalue weighted by Crippen LogP contribution is -2.10. The van der Waals surface area contributed by atoms with Gasteiger partial charge < -0.3 is 10.9 Å². The molecule has 0 bridgehead atoms. The van der Waals surface area contributed by atoms with Crippen LogP contribution in [0.2, 0.25) is 0 Å². The molecule has 0 spiro atoms. The standard InChI is InChI=1S/C4H12N2OS2/c5-1-3-8-9-4-2-6-7/h6-7H,1-5H2. The molecule has 0 aliphatic heterocycles. The van der Waals surface area contributed by atoms with Gasteiger partial charge in [-0.15, -0.1) is 0 Å². The Kier molecular flexibility index (Phi) is 9.13. The summed E-state index contributed by atoms with van der Waals surface area (Å²) in [5.74, 6) is 1.90. The molecule has 0 aromatic carbocycles. The van der Waals surface area contributed by atoms with E-state index in [9.17, 15) is 0 Å². The van der Waals surface area contributed by atoms with Crippen LogP contribution in [0.5, 0.6) is 0 Å². The normalized spacial score (nSPS) is 10.0. The van der Waals surface area contributed by atoms with Crippen molar-refractivity contribution in [1.29, 1.82) is 0 Å². The van der Waals surface area contributed by atoms with Crippen molar-refractivity contribution in [3.63, 3.8) is 0 Å². The third-order valence-corrected chi connectivity index (χ3v) is 3.02. The number of hydroxylamine groups is 1. The van der Waals surface area contributed by atoms with Crippen LogP contribution in [0.15, 0.2) is 0 Å². The van der Waals surface area contributed by atoms with E-state index in [4.69, 9.17) is 10.9 Å². The predicted molar refractivity (Wildman–Crippen MR) is 43.8 cm³/mol. The highest BCUT2D eigenvalue weighted by molar-refractivity contribution is 8.76. The van der Waals surface area contributed by atoms with Gasteiger partial charge in [-0.2, -0.15) is 0 Å². The molecule has 0 aliphatic rings. The van der Waals surface area contributed by atoms with Crippen LogP contribution in [0.3, 0.4) is 0 Å². The van der Waals surface area contributed by atoms with Gasteiger partial charge in [0.2, 0.25) is 0 Å². The molecule has 0 radical (unpaired) electrons. The number of nitrogens with two attached hydrogens (primary N) is 1. The van der Waals surface area contributed by atoms with Crippen molar-refractivity contribution in [2.45, 2.75) is 0 Å². The molecule has 0 saturated heterocycles. The zero-order valence-corrected chi connectivity index (χ0v) is 6.80.